The van der Waals surface area contributed by atoms with Crippen LogP contribution in [0.3, 0.4) is 0 Å². The van der Waals surface area contributed by atoms with Crippen molar-refractivity contribution in [1.82, 2.24) is 0 Å². The van der Waals surface area contributed by atoms with Gasteiger partial charge < -0.3 is 83.9 Å². The first-order valence-electron chi connectivity index (χ1n) is 23.4. The van der Waals surface area contributed by atoms with Gasteiger partial charge in [0.2, 0.25) is 0 Å². The Kier molecular flexibility index (Phi) is 12.9. The zero-order valence-electron chi connectivity index (χ0n) is 36.6. The Hall–Kier alpha value is -0.940. The molecule has 17 heteroatoms. The molecule has 62 heavy (non-hydrogen) atoms. The molecule has 18 unspecified atom stereocenters. The van der Waals surface area contributed by atoms with Crippen molar-refractivity contribution >= 4 is 0 Å². The molecule has 26 atom stereocenters. The fraction of sp³-hybridized carbons (Fsp3) is 0.956. The van der Waals surface area contributed by atoms with Crippen molar-refractivity contribution in [3.8, 4) is 0 Å². The van der Waals surface area contributed by atoms with Crippen molar-refractivity contribution in [3.05, 3.63) is 11.6 Å². The molecule has 9 aliphatic rings. The fourth-order valence-electron chi connectivity index (χ4n) is 14.0. The van der Waals surface area contributed by atoms with Crippen molar-refractivity contribution in [2.75, 3.05) is 19.8 Å². The lowest BCUT2D eigenvalue weighted by atomic mass is 9.47. The summed E-state index contributed by atoms with van der Waals surface area (Å²) >= 11 is 0. The lowest BCUT2D eigenvalue weighted by Gasteiger charge is -2.58. The highest BCUT2D eigenvalue weighted by Crippen LogP contribution is 2.70. The number of rotatable bonds is 8. The Balaban J connectivity index is 0.917. The normalized spacial score (nSPS) is 57.6. The number of fused-ring (bicyclic) bond motifs is 7. The Morgan fingerprint density at radius 3 is 2.05 bits per heavy atom. The number of allylic oxidation sites excluding steroid dienone is 1. The molecule has 354 valence electrons. The van der Waals surface area contributed by atoms with E-state index in [1.807, 2.05) is 0 Å². The highest BCUT2D eigenvalue weighted by atomic mass is 16.8. The second-order valence-electron chi connectivity index (χ2n) is 21.1. The maximum absolute atomic E-state index is 12.0. The van der Waals surface area contributed by atoms with E-state index in [1.165, 1.54) is 12.5 Å². The number of ether oxygens (including phenoxy) is 8. The Morgan fingerprint density at radius 1 is 0.677 bits per heavy atom. The van der Waals surface area contributed by atoms with Crippen LogP contribution in [-0.2, 0) is 37.9 Å². The quantitative estimate of drug-likeness (QED) is 0.148. The molecule has 0 amide bonds. The van der Waals surface area contributed by atoms with Crippen LogP contribution in [0.5, 0.6) is 0 Å². The van der Waals surface area contributed by atoms with Gasteiger partial charge in [-0.25, -0.2) is 0 Å². The minimum Gasteiger partial charge on any atom is -0.394 e. The second kappa shape index (κ2) is 17.3. The standard InChI is InChI=1S/C45H72O17/c1-19-8-13-45(55-18-19)20(2)30-27(62-45)15-26-24-7-6-22-14-23(9-11-43(22,4)25(24)10-12-44(26,30)5)57-42-39(61-40-35(52)33(50)31(48)21(3)56-40)37(54)38(29(17-47)59-42)60-41-36(53)34(51)32(49)28(16-46)58-41/h6,19-21,23-42,46-54H,7-18H2,1-5H3/t19?,20-,21?,23-,24+,25-,26-,27?,28?,29?,30?,31?,32?,33?,34?,35?,36?,37?,38?,39?,40?,41?,42?,43-,44-,45+/m0/s1. The number of aliphatic hydroxyl groups excluding tert-OH is 9. The van der Waals surface area contributed by atoms with Crippen LogP contribution >= 0.6 is 0 Å². The van der Waals surface area contributed by atoms with Crippen LogP contribution in [-0.4, -0.2) is 176 Å². The molecule has 0 aromatic carbocycles. The van der Waals surface area contributed by atoms with Gasteiger partial charge in [0.25, 0.3) is 0 Å². The van der Waals surface area contributed by atoms with Crippen molar-refractivity contribution in [1.29, 1.82) is 0 Å². The zero-order valence-corrected chi connectivity index (χ0v) is 36.6. The number of hydrogen-bond donors (Lipinski definition) is 9. The van der Waals surface area contributed by atoms with E-state index < -0.39 is 111 Å². The van der Waals surface area contributed by atoms with Gasteiger partial charge in [-0.05, 0) is 98.7 Å². The molecule has 3 saturated carbocycles. The maximum atomic E-state index is 12.0. The molecule has 5 saturated heterocycles. The van der Waals surface area contributed by atoms with Gasteiger partial charge in [0, 0.05) is 12.3 Å². The monoisotopic (exact) mass is 884 g/mol. The second-order valence-corrected chi connectivity index (χ2v) is 21.1. The van der Waals surface area contributed by atoms with Crippen LogP contribution < -0.4 is 0 Å². The summed E-state index contributed by atoms with van der Waals surface area (Å²) < 4.78 is 49.9. The summed E-state index contributed by atoms with van der Waals surface area (Å²) in [5, 5.41) is 95.7. The lowest BCUT2D eigenvalue weighted by molar-refractivity contribution is -0.389. The number of aliphatic hydroxyl groups is 9. The van der Waals surface area contributed by atoms with Crippen LogP contribution in [0.25, 0.3) is 0 Å². The van der Waals surface area contributed by atoms with Gasteiger partial charge in [-0.1, -0.05) is 39.3 Å². The highest BCUT2D eigenvalue weighted by molar-refractivity contribution is 5.26. The summed E-state index contributed by atoms with van der Waals surface area (Å²) in [5.74, 6) is 2.56. The van der Waals surface area contributed by atoms with E-state index >= 15 is 0 Å². The Bertz CT molecular complexity index is 1610. The molecule has 0 radical (unpaired) electrons. The van der Waals surface area contributed by atoms with Crippen LogP contribution in [0, 0.1) is 46.3 Å². The Morgan fingerprint density at radius 2 is 1.35 bits per heavy atom. The largest absolute Gasteiger partial charge is 0.394 e. The summed E-state index contributed by atoms with van der Waals surface area (Å²) in [5.41, 5.74) is 1.48. The summed E-state index contributed by atoms with van der Waals surface area (Å²) in [6.07, 6.45) is -12.0. The average Bonchev–Trinajstić information content (AvgIpc) is 3.70. The van der Waals surface area contributed by atoms with Crippen LogP contribution in [0.1, 0.15) is 92.4 Å². The predicted molar refractivity (Wildman–Crippen MR) is 214 cm³/mol. The lowest BCUT2D eigenvalue weighted by Crippen LogP contribution is -2.67. The molecule has 0 bridgehead atoms. The van der Waals surface area contributed by atoms with Crippen LogP contribution in [0.2, 0.25) is 0 Å². The molecule has 9 rings (SSSR count). The van der Waals surface area contributed by atoms with Gasteiger partial charge in [-0.2, -0.15) is 0 Å². The van der Waals surface area contributed by atoms with Gasteiger partial charge in [0.1, 0.15) is 67.1 Å². The van der Waals surface area contributed by atoms with E-state index in [4.69, 9.17) is 37.9 Å². The molecular formula is C45H72O17. The van der Waals surface area contributed by atoms with E-state index in [2.05, 4.69) is 33.8 Å². The predicted octanol–water partition coefficient (Wildman–Crippen LogP) is 0.214. The molecule has 17 nitrogen and oxygen atoms in total. The summed E-state index contributed by atoms with van der Waals surface area (Å²) in [6.45, 7) is 10.4. The fourth-order valence-corrected chi connectivity index (χ4v) is 14.0. The van der Waals surface area contributed by atoms with E-state index in [0.717, 1.165) is 51.6 Å². The van der Waals surface area contributed by atoms with Gasteiger partial charge >= 0.3 is 0 Å². The molecule has 9 N–H and O–H groups in total. The zero-order chi connectivity index (χ0) is 44.2. The Labute approximate surface area is 363 Å². The third-order valence-corrected chi connectivity index (χ3v) is 17.7. The summed E-state index contributed by atoms with van der Waals surface area (Å²) in [6, 6.07) is 0. The van der Waals surface area contributed by atoms with Crippen molar-refractivity contribution in [3.63, 3.8) is 0 Å². The van der Waals surface area contributed by atoms with Crippen LogP contribution in [0.4, 0.5) is 0 Å². The minimum atomic E-state index is -1.82. The molecule has 4 aliphatic carbocycles. The average molecular weight is 885 g/mol. The molecule has 0 aromatic heterocycles. The van der Waals surface area contributed by atoms with Gasteiger partial charge in [-0.15, -0.1) is 0 Å². The van der Waals surface area contributed by atoms with Gasteiger partial charge in [0.05, 0.1) is 38.1 Å². The molecule has 0 aromatic rings. The third-order valence-electron chi connectivity index (χ3n) is 17.7. The first-order chi connectivity index (χ1) is 29.4. The van der Waals surface area contributed by atoms with E-state index in [1.54, 1.807) is 0 Å². The molecule has 5 aliphatic heterocycles. The van der Waals surface area contributed by atoms with Crippen molar-refractivity contribution < 1.29 is 83.9 Å². The molecule has 8 fully saturated rings. The van der Waals surface area contributed by atoms with E-state index in [9.17, 15) is 46.0 Å². The topological polar surface area (TPSA) is 256 Å². The number of hydrogen-bond acceptors (Lipinski definition) is 17. The summed E-state index contributed by atoms with van der Waals surface area (Å²) in [7, 11) is 0. The van der Waals surface area contributed by atoms with E-state index in [-0.39, 0.29) is 23.0 Å². The van der Waals surface area contributed by atoms with Gasteiger partial charge in [-0.3, -0.25) is 0 Å². The first-order valence-corrected chi connectivity index (χ1v) is 23.4. The third kappa shape index (κ3) is 7.49. The smallest absolute Gasteiger partial charge is 0.187 e. The molecule has 5 heterocycles. The van der Waals surface area contributed by atoms with Crippen molar-refractivity contribution in [2.45, 2.75) is 203 Å². The molecule has 1 spiro atoms. The van der Waals surface area contributed by atoms with E-state index in [0.29, 0.717) is 48.3 Å². The SMILES string of the molecule is CC1CC[C@@]2(OC1)OC1C[C@H]3[C@@H]4CC=C5C[C@@H](OC6OC(CO)C(OC7OC(CO)C(O)C(O)C7O)C(O)C6OC6OC(C)C(O)C(O)C6O)CC[C@]5(C)[C@H]4CC[C@]3(C)C1[C@@H]2C. The summed E-state index contributed by atoms with van der Waals surface area (Å²) in [4.78, 5) is 0. The minimum absolute atomic E-state index is 0.0356. The maximum Gasteiger partial charge on any atom is 0.187 e. The molecular weight excluding hydrogens is 812 g/mol. The highest BCUT2D eigenvalue weighted by Gasteiger charge is 2.69. The van der Waals surface area contributed by atoms with Crippen LogP contribution in [0.15, 0.2) is 11.6 Å². The first kappa shape index (κ1) is 46.2. The van der Waals surface area contributed by atoms with Gasteiger partial charge in [0.15, 0.2) is 24.7 Å². The van der Waals surface area contributed by atoms with Crippen molar-refractivity contribution in [2.24, 2.45) is 46.3 Å².